The van der Waals surface area contributed by atoms with Crippen LogP contribution in [0.5, 0.6) is 5.75 Å². The van der Waals surface area contributed by atoms with Crippen LogP contribution in [0.3, 0.4) is 0 Å². The summed E-state index contributed by atoms with van der Waals surface area (Å²) < 4.78 is 5.55. The van der Waals surface area contributed by atoms with Gasteiger partial charge in [0.2, 0.25) is 0 Å². The number of carbonyl (C=O) groups is 1. The molecule has 0 saturated heterocycles. The minimum Gasteiger partial charge on any atom is -0.479 e. The smallest absolute Gasteiger partial charge is 0.265 e. The third kappa shape index (κ3) is 4.53. The molecule has 4 nitrogen and oxygen atoms in total. The lowest BCUT2D eigenvalue weighted by Gasteiger charge is -2.15. The Balaban J connectivity index is 1.99. The predicted octanol–water partition coefficient (Wildman–Crippen LogP) is 4.52. The molecule has 1 amide bonds. The number of ether oxygens (including phenoxy) is 1. The van der Waals surface area contributed by atoms with E-state index in [-0.39, 0.29) is 5.91 Å². The maximum atomic E-state index is 12.1. The van der Waals surface area contributed by atoms with Crippen molar-refractivity contribution in [1.82, 2.24) is 4.98 Å². The number of halogens is 2. The molecule has 0 spiro atoms. The maximum Gasteiger partial charge on any atom is 0.265 e. The van der Waals surface area contributed by atoms with Crippen LogP contribution in [0.1, 0.15) is 6.92 Å². The summed E-state index contributed by atoms with van der Waals surface area (Å²) in [6.07, 6.45) is 2.83. The van der Waals surface area contributed by atoms with E-state index in [1.165, 1.54) is 11.8 Å². The summed E-state index contributed by atoms with van der Waals surface area (Å²) >= 11 is 13.4. The van der Waals surface area contributed by atoms with Gasteiger partial charge in [0, 0.05) is 5.02 Å². The quantitative estimate of drug-likeness (QED) is 0.800. The average Bonchev–Trinajstić information content (AvgIpc) is 2.50. The van der Waals surface area contributed by atoms with Crippen LogP contribution in [-0.4, -0.2) is 23.3 Å². The van der Waals surface area contributed by atoms with Gasteiger partial charge >= 0.3 is 0 Å². The van der Waals surface area contributed by atoms with Crippen LogP contribution in [0.2, 0.25) is 10.0 Å². The van der Waals surface area contributed by atoms with Gasteiger partial charge in [-0.15, -0.1) is 11.8 Å². The zero-order chi connectivity index (χ0) is 16.1. The fourth-order valence-corrected chi connectivity index (χ4v) is 2.45. The first kappa shape index (κ1) is 16.9. The van der Waals surface area contributed by atoms with Gasteiger partial charge in [0.25, 0.3) is 5.91 Å². The van der Waals surface area contributed by atoms with Crippen molar-refractivity contribution in [2.45, 2.75) is 18.1 Å². The summed E-state index contributed by atoms with van der Waals surface area (Å²) in [5.74, 6) is 0.120. The number of nitrogens with zero attached hydrogens (tertiary/aromatic N) is 1. The van der Waals surface area contributed by atoms with E-state index in [2.05, 4.69) is 10.3 Å². The van der Waals surface area contributed by atoms with Crippen LogP contribution < -0.4 is 10.1 Å². The van der Waals surface area contributed by atoms with Crippen LogP contribution in [-0.2, 0) is 4.79 Å². The van der Waals surface area contributed by atoms with Crippen molar-refractivity contribution in [3.8, 4) is 5.75 Å². The largest absolute Gasteiger partial charge is 0.479 e. The highest BCUT2D eigenvalue weighted by Crippen LogP contribution is 2.28. The van der Waals surface area contributed by atoms with E-state index in [0.29, 0.717) is 21.5 Å². The Labute approximate surface area is 143 Å². The number of anilines is 1. The average molecular weight is 357 g/mol. The van der Waals surface area contributed by atoms with Gasteiger partial charge in [-0.25, -0.2) is 4.98 Å². The Hall–Kier alpha value is -1.43. The molecule has 1 heterocycles. The minimum atomic E-state index is -0.709. The zero-order valence-corrected chi connectivity index (χ0v) is 14.3. The summed E-state index contributed by atoms with van der Waals surface area (Å²) in [6.45, 7) is 1.64. The standard InChI is InChI=1S/C15H14Cl2N2O2S/c1-9(21-13-5-3-10(16)7-12(13)17)15(20)19-11-4-6-14(22-2)18-8-11/h3-9H,1-2H3,(H,19,20). The normalized spacial score (nSPS) is 11.8. The number of thioether (sulfide) groups is 1. The van der Waals surface area contributed by atoms with Crippen molar-refractivity contribution >= 4 is 46.6 Å². The molecule has 0 aliphatic carbocycles. The van der Waals surface area contributed by atoms with Gasteiger partial charge in [-0.3, -0.25) is 4.79 Å². The summed E-state index contributed by atoms with van der Waals surface area (Å²) in [5.41, 5.74) is 0.612. The SMILES string of the molecule is CSc1ccc(NC(=O)C(C)Oc2ccc(Cl)cc2Cl)cn1. The van der Waals surface area contributed by atoms with E-state index in [9.17, 15) is 4.79 Å². The first-order valence-electron chi connectivity index (χ1n) is 6.42. The van der Waals surface area contributed by atoms with Crippen molar-refractivity contribution < 1.29 is 9.53 Å². The molecule has 0 aliphatic rings. The molecule has 7 heteroatoms. The number of nitrogens with one attached hydrogen (secondary N) is 1. The number of benzene rings is 1. The topological polar surface area (TPSA) is 51.2 Å². The molecule has 0 saturated carbocycles. The molecule has 0 aliphatic heterocycles. The van der Waals surface area contributed by atoms with Gasteiger partial charge in [-0.05, 0) is 43.5 Å². The Kier molecular flexibility index (Phi) is 5.94. The first-order valence-corrected chi connectivity index (χ1v) is 8.40. The van der Waals surface area contributed by atoms with E-state index in [1.54, 1.807) is 37.4 Å². The predicted molar refractivity (Wildman–Crippen MR) is 91.2 cm³/mol. The molecule has 1 atom stereocenters. The molecule has 1 aromatic heterocycles. The molecule has 116 valence electrons. The van der Waals surface area contributed by atoms with E-state index in [4.69, 9.17) is 27.9 Å². The third-order valence-corrected chi connectivity index (χ3v) is 3.97. The van der Waals surface area contributed by atoms with Crippen molar-refractivity contribution in [3.05, 3.63) is 46.6 Å². The highest BCUT2D eigenvalue weighted by molar-refractivity contribution is 7.98. The minimum absolute atomic E-state index is 0.287. The Morgan fingerprint density at radius 1 is 1.32 bits per heavy atom. The van der Waals surface area contributed by atoms with Crippen LogP contribution >= 0.6 is 35.0 Å². The lowest BCUT2D eigenvalue weighted by atomic mass is 10.3. The second-order valence-electron chi connectivity index (χ2n) is 4.41. The van der Waals surface area contributed by atoms with Gasteiger partial charge in [-0.1, -0.05) is 23.2 Å². The van der Waals surface area contributed by atoms with E-state index in [1.807, 2.05) is 12.3 Å². The number of aromatic nitrogens is 1. The molecule has 2 rings (SSSR count). The van der Waals surface area contributed by atoms with E-state index in [0.717, 1.165) is 5.03 Å². The summed E-state index contributed by atoms with van der Waals surface area (Å²) in [4.78, 5) is 16.3. The number of hydrogen-bond acceptors (Lipinski definition) is 4. The number of pyridine rings is 1. The Morgan fingerprint density at radius 2 is 2.09 bits per heavy atom. The van der Waals surface area contributed by atoms with Gasteiger partial charge in [0.1, 0.15) is 5.75 Å². The number of rotatable bonds is 5. The third-order valence-electron chi connectivity index (χ3n) is 2.78. The number of amides is 1. The summed E-state index contributed by atoms with van der Waals surface area (Å²) in [5, 5.41) is 4.49. The van der Waals surface area contributed by atoms with Crippen LogP contribution in [0.4, 0.5) is 5.69 Å². The lowest BCUT2D eigenvalue weighted by molar-refractivity contribution is -0.122. The summed E-state index contributed by atoms with van der Waals surface area (Å²) in [6, 6.07) is 8.47. The lowest BCUT2D eigenvalue weighted by Crippen LogP contribution is -2.30. The van der Waals surface area contributed by atoms with Crippen LogP contribution in [0.15, 0.2) is 41.6 Å². The number of hydrogen-bond donors (Lipinski definition) is 1. The van der Waals surface area contributed by atoms with Crippen molar-refractivity contribution in [1.29, 1.82) is 0 Å². The van der Waals surface area contributed by atoms with Crippen LogP contribution in [0, 0.1) is 0 Å². The maximum absolute atomic E-state index is 12.1. The van der Waals surface area contributed by atoms with Crippen molar-refractivity contribution in [2.24, 2.45) is 0 Å². The second-order valence-corrected chi connectivity index (χ2v) is 6.08. The molecule has 1 aromatic carbocycles. The Bertz CT molecular complexity index is 665. The first-order chi connectivity index (χ1) is 10.5. The van der Waals surface area contributed by atoms with Crippen LogP contribution in [0.25, 0.3) is 0 Å². The van der Waals surface area contributed by atoms with E-state index >= 15 is 0 Å². The molecule has 0 bridgehead atoms. The molecule has 1 N–H and O–H groups in total. The van der Waals surface area contributed by atoms with Gasteiger partial charge in [-0.2, -0.15) is 0 Å². The van der Waals surface area contributed by atoms with Gasteiger partial charge < -0.3 is 10.1 Å². The fourth-order valence-electron chi connectivity index (χ4n) is 1.63. The molecule has 0 radical (unpaired) electrons. The zero-order valence-electron chi connectivity index (χ0n) is 12.0. The Morgan fingerprint density at radius 3 is 2.68 bits per heavy atom. The van der Waals surface area contributed by atoms with Gasteiger partial charge in [0.05, 0.1) is 21.9 Å². The molecule has 0 fully saturated rings. The van der Waals surface area contributed by atoms with Gasteiger partial charge in [0.15, 0.2) is 6.10 Å². The highest BCUT2D eigenvalue weighted by Gasteiger charge is 2.16. The molecular formula is C15H14Cl2N2O2S. The molecule has 1 unspecified atom stereocenters. The van der Waals surface area contributed by atoms with E-state index < -0.39 is 6.10 Å². The fraction of sp³-hybridized carbons (Fsp3) is 0.200. The monoisotopic (exact) mass is 356 g/mol. The summed E-state index contributed by atoms with van der Waals surface area (Å²) in [7, 11) is 0. The molecule has 2 aromatic rings. The second kappa shape index (κ2) is 7.72. The van der Waals surface area contributed by atoms with Crippen molar-refractivity contribution in [3.63, 3.8) is 0 Å². The van der Waals surface area contributed by atoms with Crippen molar-refractivity contribution in [2.75, 3.05) is 11.6 Å². The molecule has 22 heavy (non-hydrogen) atoms. The molecular weight excluding hydrogens is 343 g/mol. The highest BCUT2D eigenvalue weighted by atomic mass is 35.5. The number of carbonyl (C=O) groups excluding carboxylic acids is 1.